The highest BCUT2D eigenvalue weighted by Crippen LogP contribution is 2.37. The van der Waals surface area contributed by atoms with Gasteiger partial charge in [-0.25, -0.2) is 0 Å². The van der Waals surface area contributed by atoms with Crippen LogP contribution in [0.4, 0.5) is 0 Å². The number of rotatable bonds is 5. The van der Waals surface area contributed by atoms with Gasteiger partial charge in [0.15, 0.2) is 0 Å². The lowest BCUT2D eigenvalue weighted by Crippen LogP contribution is -2.54. The minimum Gasteiger partial charge on any atom is -0.349 e. The summed E-state index contributed by atoms with van der Waals surface area (Å²) < 4.78 is 0. The fraction of sp³-hybridized carbons (Fsp3) is 0.562. The molecule has 1 amide bonds. The van der Waals surface area contributed by atoms with Crippen molar-refractivity contribution in [3.63, 3.8) is 0 Å². The molecule has 0 saturated carbocycles. The van der Waals surface area contributed by atoms with E-state index in [4.69, 9.17) is 5.73 Å². The number of carbonyl (C=O) groups is 1. The van der Waals surface area contributed by atoms with Crippen molar-refractivity contribution in [3.8, 4) is 0 Å². The molecule has 1 aliphatic heterocycles. The third-order valence-electron chi connectivity index (χ3n) is 3.67. The first-order valence-electron chi connectivity index (χ1n) is 7.20. The molecule has 0 bridgehead atoms. The van der Waals surface area contributed by atoms with Crippen LogP contribution in [0.3, 0.4) is 0 Å². The monoisotopic (exact) mass is 292 g/mol. The Hall–Kier alpha value is -1.00. The number of nitrogens with two attached hydrogens (primary N) is 1. The molecule has 1 heterocycles. The topological polar surface area (TPSA) is 55.1 Å². The van der Waals surface area contributed by atoms with Crippen molar-refractivity contribution >= 4 is 17.7 Å². The van der Waals surface area contributed by atoms with E-state index in [1.54, 1.807) is 11.8 Å². The number of nitrogens with one attached hydrogen (secondary N) is 1. The van der Waals surface area contributed by atoms with Crippen LogP contribution in [0.2, 0.25) is 0 Å². The number of thioether (sulfide) groups is 1. The summed E-state index contributed by atoms with van der Waals surface area (Å²) in [5.41, 5.74) is 6.83. The summed E-state index contributed by atoms with van der Waals surface area (Å²) in [5.74, 6) is 0.622. The number of hydrogen-bond donors (Lipinski definition) is 2. The number of benzene rings is 1. The van der Waals surface area contributed by atoms with Gasteiger partial charge in [0.1, 0.15) is 0 Å². The van der Waals surface area contributed by atoms with Crippen molar-refractivity contribution < 1.29 is 4.79 Å². The summed E-state index contributed by atoms with van der Waals surface area (Å²) in [6, 6.07) is 8.24. The highest BCUT2D eigenvalue weighted by molar-refractivity contribution is 8.01. The molecule has 1 aromatic rings. The van der Waals surface area contributed by atoms with Crippen LogP contribution in [0.5, 0.6) is 0 Å². The Morgan fingerprint density at radius 2 is 2.20 bits per heavy atom. The zero-order chi connectivity index (χ0) is 14.8. The molecular weight excluding hydrogens is 268 g/mol. The van der Waals surface area contributed by atoms with Crippen LogP contribution >= 0.6 is 11.8 Å². The van der Waals surface area contributed by atoms with Crippen LogP contribution in [0.25, 0.3) is 0 Å². The van der Waals surface area contributed by atoms with Crippen LogP contribution in [0.1, 0.15) is 32.8 Å². The third-order valence-corrected chi connectivity index (χ3v) is 4.99. The number of hydrogen-bond acceptors (Lipinski definition) is 3. The Morgan fingerprint density at radius 3 is 2.80 bits per heavy atom. The summed E-state index contributed by atoms with van der Waals surface area (Å²) in [7, 11) is 0. The fourth-order valence-electron chi connectivity index (χ4n) is 2.79. The van der Waals surface area contributed by atoms with Crippen LogP contribution < -0.4 is 11.1 Å². The first kappa shape index (κ1) is 15.4. The zero-order valence-electron chi connectivity index (χ0n) is 12.5. The maximum absolute atomic E-state index is 12.5. The molecule has 0 aliphatic carbocycles. The molecule has 2 rings (SSSR count). The van der Waals surface area contributed by atoms with Crippen LogP contribution in [-0.4, -0.2) is 23.2 Å². The van der Waals surface area contributed by atoms with E-state index in [0.29, 0.717) is 12.5 Å². The predicted molar refractivity (Wildman–Crippen MR) is 84.8 cm³/mol. The van der Waals surface area contributed by atoms with Crippen molar-refractivity contribution in [2.24, 2.45) is 11.7 Å². The molecule has 0 radical (unpaired) electrons. The molecule has 2 atom stereocenters. The molecule has 2 unspecified atom stereocenters. The third kappa shape index (κ3) is 3.55. The Bertz CT molecular complexity index is 464. The van der Waals surface area contributed by atoms with E-state index in [0.717, 1.165) is 12.8 Å². The molecule has 20 heavy (non-hydrogen) atoms. The molecule has 3 nitrogen and oxygen atoms in total. The van der Waals surface area contributed by atoms with Gasteiger partial charge >= 0.3 is 0 Å². The minimum absolute atomic E-state index is 0.0227. The second kappa shape index (κ2) is 6.19. The number of carbonyl (C=O) groups excluding carboxylic acids is 1. The summed E-state index contributed by atoms with van der Waals surface area (Å²) >= 11 is 1.66. The normalized spacial score (nSPS) is 20.6. The maximum Gasteiger partial charge on any atom is 0.234 e. The van der Waals surface area contributed by atoms with E-state index in [1.165, 1.54) is 10.5 Å². The maximum atomic E-state index is 12.5. The SMILES string of the molecule is CC(C)CC(C)(CN)NC(=O)C1Cc2ccccc2S1. The van der Waals surface area contributed by atoms with Crippen molar-refractivity contribution in [1.29, 1.82) is 0 Å². The van der Waals surface area contributed by atoms with Gasteiger partial charge in [0.2, 0.25) is 5.91 Å². The Kier molecular flexibility index (Phi) is 4.76. The first-order chi connectivity index (χ1) is 9.43. The van der Waals surface area contributed by atoms with Crippen molar-refractivity contribution in [2.45, 2.75) is 49.3 Å². The molecule has 0 fully saturated rings. The van der Waals surface area contributed by atoms with Gasteiger partial charge in [-0.1, -0.05) is 32.0 Å². The van der Waals surface area contributed by atoms with E-state index < -0.39 is 0 Å². The number of fused-ring (bicyclic) bond motifs is 1. The standard InChI is InChI=1S/C16H24N2OS/c1-11(2)9-16(3,10-17)18-15(19)14-8-12-6-4-5-7-13(12)20-14/h4-7,11,14H,8-10,17H2,1-3H3,(H,18,19). The number of amides is 1. The smallest absolute Gasteiger partial charge is 0.234 e. The van der Waals surface area contributed by atoms with Gasteiger partial charge in [0.25, 0.3) is 0 Å². The highest BCUT2D eigenvalue weighted by Gasteiger charge is 2.33. The first-order valence-corrected chi connectivity index (χ1v) is 8.08. The van der Waals surface area contributed by atoms with Gasteiger partial charge in [0, 0.05) is 17.0 Å². The zero-order valence-corrected chi connectivity index (χ0v) is 13.3. The molecule has 0 aromatic heterocycles. The molecule has 3 N–H and O–H groups in total. The molecule has 1 aliphatic rings. The quantitative estimate of drug-likeness (QED) is 0.877. The van der Waals surface area contributed by atoms with Gasteiger partial charge in [-0.05, 0) is 37.3 Å². The average Bonchev–Trinajstić information content (AvgIpc) is 2.81. The lowest BCUT2D eigenvalue weighted by atomic mass is 9.90. The molecule has 1 aromatic carbocycles. The van der Waals surface area contributed by atoms with E-state index in [-0.39, 0.29) is 16.7 Å². The van der Waals surface area contributed by atoms with Gasteiger partial charge in [-0.2, -0.15) is 0 Å². The lowest BCUT2D eigenvalue weighted by Gasteiger charge is -2.32. The molecule has 0 spiro atoms. The van der Waals surface area contributed by atoms with Crippen molar-refractivity contribution in [3.05, 3.63) is 29.8 Å². The summed E-state index contributed by atoms with van der Waals surface area (Å²) in [5, 5.41) is 3.14. The van der Waals surface area contributed by atoms with E-state index in [9.17, 15) is 4.79 Å². The second-order valence-corrected chi connectivity index (χ2v) is 7.51. The Morgan fingerprint density at radius 1 is 1.50 bits per heavy atom. The van der Waals surface area contributed by atoms with Crippen LogP contribution in [0.15, 0.2) is 29.2 Å². The Labute approximate surface area is 125 Å². The fourth-order valence-corrected chi connectivity index (χ4v) is 3.99. The average molecular weight is 292 g/mol. The van der Waals surface area contributed by atoms with Gasteiger partial charge < -0.3 is 11.1 Å². The van der Waals surface area contributed by atoms with Crippen molar-refractivity contribution in [2.75, 3.05) is 6.54 Å². The summed E-state index contributed by atoms with van der Waals surface area (Å²) in [6.45, 7) is 6.82. The van der Waals surface area contributed by atoms with Gasteiger partial charge in [-0.15, -0.1) is 11.8 Å². The minimum atomic E-state index is -0.305. The second-order valence-electron chi connectivity index (χ2n) is 6.27. The Balaban J connectivity index is 2.00. The molecule has 4 heteroatoms. The predicted octanol–water partition coefficient (Wildman–Crippen LogP) is 2.58. The van der Waals surface area contributed by atoms with Crippen molar-refractivity contribution in [1.82, 2.24) is 5.32 Å². The van der Waals surface area contributed by atoms with Gasteiger partial charge in [-0.3, -0.25) is 4.79 Å². The van der Waals surface area contributed by atoms with Crippen LogP contribution in [-0.2, 0) is 11.2 Å². The van der Waals surface area contributed by atoms with E-state index >= 15 is 0 Å². The van der Waals surface area contributed by atoms with E-state index in [2.05, 4.69) is 31.3 Å². The molecule has 0 saturated heterocycles. The lowest BCUT2D eigenvalue weighted by molar-refractivity contribution is -0.122. The summed E-state index contributed by atoms with van der Waals surface area (Å²) in [6.07, 6.45) is 1.72. The summed E-state index contributed by atoms with van der Waals surface area (Å²) in [4.78, 5) is 13.7. The molecular formula is C16H24N2OS. The van der Waals surface area contributed by atoms with Crippen LogP contribution in [0, 0.1) is 5.92 Å². The van der Waals surface area contributed by atoms with Gasteiger partial charge in [0.05, 0.1) is 5.25 Å². The molecule has 110 valence electrons. The largest absolute Gasteiger partial charge is 0.349 e. The van der Waals surface area contributed by atoms with E-state index in [1.807, 2.05) is 19.1 Å². The highest BCUT2D eigenvalue weighted by atomic mass is 32.2.